The van der Waals surface area contributed by atoms with Crippen molar-refractivity contribution in [1.29, 1.82) is 0 Å². The third-order valence-corrected chi connectivity index (χ3v) is 6.77. The van der Waals surface area contributed by atoms with E-state index in [4.69, 9.17) is 9.47 Å². The van der Waals surface area contributed by atoms with Gasteiger partial charge in [-0.25, -0.2) is 0 Å². The van der Waals surface area contributed by atoms with Crippen molar-refractivity contribution >= 4 is 22.4 Å². The van der Waals surface area contributed by atoms with Crippen LogP contribution in [0.15, 0.2) is 121 Å². The molecule has 1 unspecified atom stereocenters. The van der Waals surface area contributed by atoms with Gasteiger partial charge in [0.05, 0.1) is 5.56 Å². The van der Waals surface area contributed by atoms with E-state index in [2.05, 4.69) is 23.5 Å². The number of anilines is 1. The van der Waals surface area contributed by atoms with E-state index in [0.717, 1.165) is 39.1 Å². The van der Waals surface area contributed by atoms with Crippen LogP contribution in [0.2, 0.25) is 0 Å². The molecule has 188 valence electrons. The third kappa shape index (κ3) is 4.78. The van der Waals surface area contributed by atoms with Gasteiger partial charge in [-0.2, -0.15) is 0 Å². The van der Waals surface area contributed by atoms with Crippen LogP contribution in [0.3, 0.4) is 0 Å². The van der Waals surface area contributed by atoms with Gasteiger partial charge in [0.2, 0.25) is 0 Å². The van der Waals surface area contributed by atoms with Crippen LogP contribution in [0.1, 0.15) is 27.7 Å². The topological polar surface area (TPSA) is 50.8 Å². The Labute approximate surface area is 222 Å². The van der Waals surface area contributed by atoms with Gasteiger partial charge < -0.3 is 19.7 Å². The Bertz CT molecular complexity index is 1550. The standard InChI is InChI=1S/C33H28N2O3/c36-33-28-17-9-10-18-29(28)34-32(35(33)23-24-11-3-1-4-12-24)31-27-16-8-7-13-25(27)19-20-30(31)38-22-21-37-26-14-5-2-6-15-26/h1-20,32,34H,21-23H2. The quantitative estimate of drug-likeness (QED) is 0.232. The zero-order valence-electron chi connectivity index (χ0n) is 20.9. The molecule has 5 heteroatoms. The van der Waals surface area contributed by atoms with Crippen LogP contribution in [0.25, 0.3) is 10.8 Å². The molecule has 0 fully saturated rings. The summed E-state index contributed by atoms with van der Waals surface area (Å²) in [5.74, 6) is 1.52. The number of fused-ring (bicyclic) bond motifs is 2. The van der Waals surface area contributed by atoms with E-state index in [1.165, 1.54) is 0 Å². The largest absolute Gasteiger partial charge is 0.490 e. The minimum atomic E-state index is -0.422. The molecular formula is C33H28N2O3. The van der Waals surface area contributed by atoms with Crippen LogP contribution in [-0.2, 0) is 6.54 Å². The molecule has 38 heavy (non-hydrogen) atoms. The first-order chi connectivity index (χ1) is 18.8. The second-order valence-corrected chi connectivity index (χ2v) is 9.22. The van der Waals surface area contributed by atoms with E-state index in [9.17, 15) is 4.79 Å². The predicted octanol–water partition coefficient (Wildman–Crippen LogP) is 7.06. The van der Waals surface area contributed by atoms with Gasteiger partial charge in [0.15, 0.2) is 0 Å². The van der Waals surface area contributed by atoms with Crippen molar-refractivity contribution < 1.29 is 14.3 Å². The first-order valence-electron chi connectivity index (χ1n) is 12.8. The Morgan fingerprint density at radius 3 is 2.21 bits per heavy atom. The van der Waals surface area contributed by atoms with Crippen molar-refractivity contribution in [1.82, 2.24) is 4.90 Å². The van der Waals surface area contributed by atoms with Crippen molar-refractivity contribution in [3.8, 4) is 11.5 Å². The highest BCUT2D eigenvalue weighted by molar-refractivity contribution is 6.02. The highest BCUT2D eigenvalue weighted by atomic mass is 16.5. The molecule has 5 aromatic carbocycles. The van der Waals surface area contributed by atoms with Gasteiger partial charge in [-0.1, -0.05) is 91.0 Å². The number of para-hydroxylation sites is 2. The molecule has 0 spiro atoms. The molecule has 1 N–H and O–H groups in total. The van der Waals surface area contributed by atoms with E-state index < -0.39 is 6.17 Å². The molecule has 0 aromatic heterocycles. The summed E-state index contributed by atoms with van der Waals surface area (Å²) in [6, 6.07) is 39.8. The van der Waals surface area contributed by atoms with E-state index in [-0.39, 0.29) is 5.91 Å². The van der Waals surface area contributed by atoms with E-state index in [1.54, 1.807) is 0 Å². The van der Waals surface area contributed by atoms with Gasteiger partial charge >= 0.3 is 0 Å². The maximum Gasteiger partial charge on any atom is 0.258 e. The van der Waals surface area contributed by atoms with Crippen LogP contribution in [0.4, 0.5) is 5.69 Å². The van der Waals surface area contributed by atoms with E-state index in [0.29, 0.717) is 25.3 Å². The van der Waals surface area contributed by atoms with Crippen molar-refractivity contribution in [3.63, 3.8) is 0 Å². The molecular weight excluding hydrogens is 472 g/mol. The molecule has 1 amide bonds. The summed E-state index contributed by atoms with van der Waals surface area (Å²) in [4.78, 5) is 15.8. The molecule has 0 radical (unpaired) electrons. The number of benzene rings is 5. The lowest BCUT2D eigenvalue weighted by molar-refractivity contribution is 0.0664. The lowest BCUT2D eigenvalue weighted by Gasteiger charge is -2.39. The second-order valence-electron chi connectivity index (χ2n) is 9.22. The lowest BCUT2D eigenvalue weighted by Crippen LogP contribution is -2.42. The summed E-state index contributed by atoms with van der Waals surface area (Å²) in [6.45, 7) is 1.24. The first kappa shape index (κ1) is 23.6. The average molecular weight is 501 g/mol. The molecule has 5 nitrogen and oxygen atoms in total. The number of rotatable bonds is 8. The van der Waals surface area contributed by atoms with Gasteiger partial charge in [-0.15, -0.1) is 0 Å². The first-order valence-corrected chi connectivity index (χ1v) is 12.8. The Morgan fingerprint density at radius 2 is 1.37 bits per heavy atom. The SMILES string of the molecule is O=C1c2ccccc2NC(c2c(OCCOc3ccccc3)ccc3ccccc23)N1Cc1ccccc1. The zero-order chi connectivity index (χ0) is 25.7. The number of hydrogen-bond donors (Lipinski definition) is 1. The summed E-state index contributed by atoms with van der Waals surface area (Å²) < 4.78 is 12.2. The maximum atomic E-state index is 13.9. The molecule has 1 aliphatic rings. The molecule has 5 aromatic rings. The Kier molecular flexibility index (Phi) is 6.64. The summed E-state index contributed by atoms with van der Waals surface area (Å²) in [6.07, 6.45) is -0.422. The molecule has 0 saturated heterocycles. The van der Waals surface area contributed by atoms with Crippen LogP contribution in [0, 0.1) is 0 Å². The lowest BCUT2D eigenvalue weighted by atomic mass is 9.97. The number of nitrogens with one attached hydrogen (secondary N) is 1. The number of carbonyl (C=O) groups excluding carboxylic acids is 1. The Hall–Kier alpha value is -4.77. The Balaban J connectivity index is 1.38. The molecule has 0 aliphatic carbocycles. The minimum Gasteiger partial charge on any atom is -0.490 e. The third-order valence-electron chi connectivity index (χ3n) is 6.77. The average Bonchev–Trinajstić information content (AvgIpc) is 2.98. The number of amides is 1. The monoisotopic (exact) mass is 500 g/mol. The van der Waals surface area contributed by atoms with Crippen molar-refractivity contribution in [2.45, 2.75) is 12.7 Å². The van der Waals surface area contributed by atoms with E-state index >= 15 is 0 Å². The van der Waals surface area contributed by atoms with Gasteiger partial charge in [0, 0.05) is 17.8 Å². The van der Waals surface area contributed by atoms with Crippen LogP contribution in [-0.4, -0.2) is 24.0 Å². The highest BCUT2D eigenvalue weighted by Gasteiger charge is 2.35. The molecule has 0 saturated carbocycles. The van der Waals surface area contributed by atoms with Crippen LogP contribution in [0.5, 0.6) is 11.5 Å². The number of ether oxygens (including phenoxy) is 2. The smallest absolute Gasteiger partial charge is 0.258 e. The van der Waals surface area contributed by atoms with Crippen molar-refractivity contribution in [2.24, 2.45) is 0 Å². The van der Waals surface area contributed by atoms with Gasteiger partial charge in [0.25, 0.3) is 5.91 Å². The highest BCUT2D eigenvalue weighted by Crippen LogP contribution is 2.41. The normalized spacial score (nSPS) is 14.6. The van der Waals surface area contributed by atoms with Crippen LogP contribution >= 0.6 is 0 Å². The summed E-state index contributed by atoms with van der Waals surface area (Å²) >= 11 is 0. The second kappa shape index (κ2) is 10.7. The summed E-state index contributed by atoms with van der Waals surface area (Å²) in [7, 11) is 0. The minimum absolute atomic E-state index is 0.0144. The van der Waals surface area contributed by atoms with Crippen molar-refractivity contribution in [3.05, 3.63) is 138 Å². The zero-order valence-corrected chi connectivity index (χ0v) is 20.9. The molecule has 1 heterocycles. The Morgan fingerprint density at radius 1 is 0.684 bits per heavy atom. The fraction of sp³-hybridized carbons (Fsp3) is 0.121. The number of hydrogen-bond acceptors (Lipinski definition) is 4. The number of nitrogens with zero attached hydrogens (tertiary/aromatic N) is 1. The summed E-state index contributed by atoms with van der Waals surface area (Å²) in [5.41, 5.74) is 3.48. The van der Waals surface area contributed by atoms with Crippen LogP contribution < -0.4 is 14.8 Å². The molecule has 0 bridgehead atoms. The predicted molar refractivity (Wildman–Crippen MR) is 151 cm³/mol. The van der Waals surface area contributed by atoms with Crippen molar-refractivity contribution in [2.75, 3.05) is 18.5 Å². The van der Waals surface area contributed by atoms with Gasteiger partial charge in [-0.3, -0.25) is 4.79 Å². The molecule has 1 aliphatic heterocycles. The van der Waals surface area contributed by atoms with E-state index in [1.807, 2.05) is 108 Å². The fourth-order valence-corrected chi connectivity index (χ4v) is 4.98. The van der Waals surface area contributed by atoms with Gasteiger partial charge in [0.1, 0.15) is 30.9 Å². The molecule has 1 atom stereocenters. The van der Waals surface area contributed by atoms with Gasteiger partial charge in [-0.05, 0) is 46.7 Å². The number of carbonyl (C=O) groups is 1. The maximum absolute atomic E-state index is 13.9. The summed E-state index contributed by atoms with van der Waals surface area (Å²) in [5, 5.41) is 5.78. The fourth-order valence-electron chi connectivity index (χ4n) is 4.98. The molecule has 6 rings (SSSR count).